The van der Waals surface area contributed by atoms with E-state index in [1.54, 1.807) is 6.33 Å². The Labute approximate surface area is 109 Å². The molecule has 0 fully saturated rings. The highest BCUT2D eigenvalue weighted by Crippen LogP contribution is 2.21. The van der Waals surface area contributed by atoms with Crippen LogP contribution in [0.25, 0.3) is 0 Å². The molecule has 0 spiro atoms. The molecule has 0 saturated heterocycles. The van der Waals surface area contributed by atoms with Gasteiger partial charge in [0.05, 0.1) is 12.3 Å². The van der Waals surface area contributed by atoms with E-state index in [0.717, 1.165) is 51.6 Å². The van der Waals surface area contributed by atoms with Crippen molar-refractivity contribution in [3.8, 4) is 0 Å². The monoisotopic (exact) mass is 250 g/mol. The van der Waals surface area contributed by atoms with Gasteiger partial charge in [0.1, 0.15) is 12.1 Å². The second-order valence-corrected chi connectivity index (χ2v) is 4.33. The molecule has 0 atom stereocenters. The molecule has 5 nitrogen and oxygen atoms in total. The molecule has 0 unspecified atom stereocenters. The van der Waals surface area contributed by atoms with Crippen LogP contribution in [0.2, 0.25) is 0 Å². The summed E-state index contributed by atoms with van der Waals surface area (Å²) in [6.07, 6.45) is 2.68. The largest absolute Gasteiger partial charge is 0.380 e. The minimum absolute atomic E-state index is 0.747. The third kappa shape index (κ3) is 2.97. The molecule has 0 amide bonds. The SMILES string of the molecule is CCOCCN(CC)c1ncnc2c1CNCC2. The van der Waals surface area contributed by atoms with Crippen molar-refractivity contribution in [3.63, 3.8) is 0 Å². The average molecular weight is 250 g/mol. The summed E-state index contributed by atoms with van der Waals surface area (Å²) in [7, 11) is 0. The number of nitrogens with zero attached hydrogens (tertiary/aromatic N) is 3. The summed E-state index contributed by atoms with van der Waals surface area (Å²) >= 11 is 0. The van der Waals surface area contributed by atoms with Crippen molar-refractivity contribution in [2.45, 2.75) is 26.8 Å². The lowest BCUT2D eigenvalue weighted by Gasteiger charge is -2.27. The van der Waals surface area contributed by atoms with E-state index in [9.17, 15) is 0 Å². The average Bonchev–Trinajstić information content (AvgIpc) is 2.43. The third-order valence-corrected chi connectivity index (χ3v) is 3.24. The fraction of sp³-hybridized carbons (Fsp3) is 0.692. The highest BCUT2D eigenvalue weighted by atomic mass is 16.5. The van der Waals surface area contributed by atoms with Gasteiger partial charge in [0.25, 0.3) is 0 Å². The van der Waals surface area contributed by atoms with Crippen LogP contribution in [0.15, 0.2) is 6.33 Å². The number of hydrogen-bond acceptors (Lipinski definition) is 5. The Morgan fingerprint density at radius 3 is 3.06 bits per heavy atom. The van der Waals surface area contributed by atoms with Crippen molar-refractivity contribution in [2.75, 3.05) is 37.7 Å². The van der Waals surface area contributed by atoms with E-state index in [1.807, 2.05) is 6.92 Å². The first-order valence-electron chi connectivity index (χ1n) is 6.73. The van der Waals surface area contributed by atoms with Crippen molar-refractivity contribution < 1.29 is 4.74 Å². The zero-order valence-electron chi connectivity index (χ0n) is 11.3. The molecule has 1 aromatic rings. The Hall–Kier alpha value is -1.20. The Balaban J connectivity index is 2.14. The Bertz CT molecular complexity index is 383. The molecule has 0 aromatic carbocycles. The molecule has 1 N–H and O–H groups in total. The van der Waals surface area contributed by atoms with Crippen LogP contribution in [0.3, 0.4) is 0 Å². The van der Waals surface area contributed by atoms with Crippen LogP contribution in [0, 0.1) is 0 Å². The molecule has 18 heavy (non-hydrogen) atoms. The lowest BCUT2D eigenvalue weighted by molar-refractivity contribution is 0.154. The maximum Gasteiger partial charge on any atom is 0.136 e. The fourth-order valence-corrected chi connectivity index (χ4v) is 2.26. The van der Waals surface area contributed by atoms with E-state index in [1.165, 1.54) is 11.3 Å². The molecule has 0 saturated carbocycles. The molecule has 5 heteroatoms. The van der Waals surface area contributed by atoms with Gasteiger partial charge in [-0.15, -0.1) is 0 Å². The molecule has 100 valence electrons. The first kappa shape index (κ1) is 13.2. The molecular weight excluding hydrogens is 228 g/mol. The van der Waals surface area contributed by atoms with Crippen LogP contribution >= 0.6 is 0 Å². The molecule has 1 aromatic heterocycles. The number of nitrogens with one attached hydrogen (secondary N) is 1. The van der Waals surface area contributed by atoms with Gasteiger partial charge in [0, 0.05) is 44.8 Å². The van der Waals surface area contributed by atoms with E-state index < -0.39 is 0 Å². The number of hydrogen-bond donors (Lipinski definition) is 1. The zero-order valence-corrected chi connectivity index (χ0v) is 11.3. The highest BCUT2D eigenvalue weighted by molar-refractivity contribution is 5.49. The number of rotatable bonds is 6. The maximum absolute atomic E-state index is 5.43. The molecule has 2 heterocycles. The van der Waals surface area contributed by atoms with Crippen LogP contribution < -0.4 is 10.2 Å². The second-order valence-electron chi connectivity index (χ2n) is 4.33. The molecule has 0 bridgehead atoms. The van der Waals surface area contributed by atoms with Crippen LogP contribution in [0.1, 0.15) is 25.1 Å². The van der Waals surface area contributed by atoms with E-state index in [4.69, 9.17) is 4.74 Å². The Morgan fingerprint density at radius 2 is 2.28 bits per heavy atom. The number of fused-ring (bicyclic) bond motifs is 1. The second kappa shape index (κ2) is 6.66. The first-order chi connectivity index (χ1) is 8.86. The van der Waals surface area contributed by atoms with E-state index >= 15 is 0 Å². The number of anilines is 1. The minimum atomic E-state index is 0.747. The fourth-order valence-electron chi connectivity index (χ4n) is 2.26. The minimum Gasteiger partial charge on any atom is -0.380 e. The normalized spacial score (nSPS) is 14.3. The van der Waals surface area contributed by atoms with Crippen LogP contribution in [0.5, 0.6) is 0 Å². The van der Waals surface area contributed by atoms with Gasteiger partial charge in [0.2, 0.25) is 0 Å². The summed E-state index contributed by atoms with van der Waals surface area (Å²) in [6.45, 7) is 9.39. The summed E-state index contributed by atoms with van der Waals surface area (Å²) < 4.78 is 5.43. The lowest BCUT2D eigenvalue weighted by atomic mass is 10.1. The summed E-state index contributed by atoms with van der Waals surface area (Å²) in [5, 5.41) is 3.39. The molecule has 1 aliphatic rings. The maximum atomic E-state index is 5.43. The summed E-state index contributed by atoms with van der Waals surface area (Å²) in [6, 6.07) is 0. The molecular formula is C13H22N4O. The predicted octanol–water partition coefficient (Wildman–Crippen LogP) is 0.985. The lowest BCUT2D eigenvalue weighted by Crippen LogP contribution is -2.33. The standard InChI is InChI=1S/C13H22N4O/c1-3-17(7-8-18-4-2)13-11-9-14-6-5-12(11)15-10-16-13/h10,14H,3-9H2,1-2H3. The molecule has 0 aliphatic carbocycles. The smallest absolute Gasteiger partial charge is 0.136 e. The van der Waals surface area contributed by atoms with Crippen LogP contribution in [-0.4, -0.2) is 42.8 Å². The molecule has 0 radical (unpaired) electrons. The highest BCUT2D eigenvalue weighted by Gasteiger charge is 2.18. The van der Waals surface area contributed by atoms with Crippen molar-refractivity contribution in [3.05, 3.63) is 17.6 Å². The number of likely N-dealkylation sites (N-methyl/N-ethyl adjacent to an activating group) is 1. The quantitative estimate of drug-likeness (QED) is 0.763. The van der Waals surface area contributed by atoms with Gasteiger partial charge in [-0.2, -0.15) is 0 Å². The summed E-state index contributed by atoms with van der Waals surface area (Å²) in [4.78, 5) is 11.1. The van der Waals surface area contributed by atoms with Gasteiger partial charge in [0.15, 0.2) is 0 Å². The van der Waals surface area contributed by atoms with Gasteiger partial charge < -0.3 is 15.0 Å². The van der Waals surface area contributed by atoms with Crippen molar-refractivity contribution in [2.24, 2.45) is 0 Å². The zero-order chi connectivity index (χ0) is 12.8. The Morgan fingerprint density at radius 1 is 1.39 bits per heavy atom. The summed E-state index contributed by atoms with van der Waals surface area (Å²) in [5.74, 6) is 1.06. The van der Waals surface area contributed by atoms with Gasteiger partial charge >= 0.3 is 0 Å². The molecule has 1 aliphatic heterocycles. The van der Waals surface area contributed by atoms with Crippen molar-refractivity contribution >= 4 is 5.82 Å². The first-order valence-corrected chi connectivity index (χ1v) is 6.73. The molecule has 2 rings (SSSR count). The number of aromatic nitrogens is 2. The van der Waals surface area contributed by atoms with Gasteiger partial charge in [-0.25, -0.2) is 9.97 Å². The van der Waals surface area contributed by atoms with E-state index in [0.29, 0.717) is 0 Å². The van der Waals surface area contributed by atoms with E-state index in [-0.39, 0.29) is 0 Å². The topological polar surface area (TPSA) is 50.3 Å². The van der Waals surface area contributed by atoms with Crippen molar-refractivity contribution in [1.29, 1.82) is 0 Å². The van der Waals surface area contributed by atoms with Gasteiger partial charge in [-0.05, 0) is 13.8 Å². The summed E-state index contributed by atoms with van der Waals surface area (Å²) in [5.41, 5.74) is 2.44. The van der Waals surface area contributed by atoms with E-state index in [2.05, 4.69) is 27.1 Å². The predicted molar refractivity (Wildman–Crippen MR) is 71.8 cm³/mol. The van der Waals surface area contributed by atoms with Crippen molar-refractivity contribution in [1.82, 2.24) is 15.3 Å². The van der Waals surface area contributed by atoms with Gasteiger partial charge in [-0.3, -0.25) is 0 Å². The van der Waals surface area contributed by atoms with Crippen LogP contribution in [0.4, 0.5) is 5.82 Å². The third-order valence-electron chi connectivity index (χ3n) is 3.24. The van der Waals surface area contributed by atoms with Gasteiger partial charge in [-0.1, -0.05) is 0 Å². The number of ether oxygens (including phenoxy) is 1. The van der Waals surface area contributed by atoms with Crippen LogP contribution in [-0.2, 0) is 17.7 Å². The Kier molecular flexibility index (Phi) is 4.90.